The molecule has 3 aromatic rings. The normalized spacial score (nSPS) is 11.4. The van der Waals surface area contributed by atoms with Gasteiger partial charge in [-0.05, 0) is 38.6 Å². The summed E-state index contributed by atoms with van der Waals surface area (Å²) in [7, 11) is 1.90. The molecule has 2 aromatic heterocycles. The van der Waals surface area contributed by atoms with Crippen molar-refractivity contribution in [1.29, 1.82) is 0 Å². The number of nitrogens with zero attached hydrogens (tertiary/aromatic N) is 3. The molecular formula is C15H17FN4S. The highest BCUT2D eigenvalue weighted by Crippen LogP contribution is 2.33. The smallest absolute Gasteiger partial charge is 0.147 e. The molecule has 0 fully saturated rings. The van der Waals surface area contributed by atoms with Gasteiger partial charge in [0.2, 0.25) is 0 Å². The number of rotatable bonds is 4. The summed E-state index contributed by atoms with van der Waals surface area (Å²) in [6, 6.07) is 5.23. The Hall–Kier alpha value is -1.79. The van der Waals surface area contributed by atoms with Crippen LogP contribution in [0.25, 0.3) is 10.1 Å². The van der Waals surface area contributed by atoms with E-state index in [4.69, 9.17) is 0 Å². The van der Waals surface area contributed by atoms with Gasteiger partial charge in [0.15, 0.2) is 0 Å². The van der Waals surface area contributed by atoms with Crippen LogP contribution in [0.4, 0.5) is 4.39 Å². The molecule has 0 aliphatic carbocycles. The fraction of sp³-hybridized carbons (Fsp3) is 0.333. The van der Waals surface area contributed by atoms with Gasteiger partial charge in [-0.1, -0.05) is 6.07 Å². The van der Waals surface area contributed by atoms with E-state index in [1.807, 2.05) is 31.6 Å². The van der Waals surface area contributed by atoms with Gasteiger partial charge >= 0.3 is 0 Å². The monoisotopic (exact) mass is 304 g/mol. The first-order valence-electron chi connectivity index (χ1n) is 6.81. The lowest BCUT2D eigenvalue weighted by Crippen LogP contribution is -2.09. The van der Waals surface area contributed by atoms with Crippen LogP contribution in [-0.4, -0.2) is 21.8 Å². The van der Waals surface area contributed by atoms with Crippen LogP contribution in [0.5, 0.6) is 0 Å². The van der Waals surface area contributed by atoms with Crippen LogP contribution in [0, 0.1) is 19.7 Å². The van der Waals surface area contributed by atoms with E-state index in [1.54, 1.807) is 17.4 Å². The summed E-state index contributed by atoms with van der Waals surface area (Å²) < 4.78 is 17.1. The van der Waals surface area contributed by atoms with Crippen LogP contribution < -0.4 is 5.32 Å². The number of benzene rings is 1. The van der Waals surface area contributed by atoms with E-state index in [-0.39, 0.29) is 5.82 Å². The van der Waals surface area contributed by atoms with E-state index >= 15 is 0 Å². The molecular weight excluding hydrogens is 287 g/mol. The zero-order valence-electron chi connectivity index (χ0n) is 12.3. The number of fused-ring (bicyclic) bond motifs is 1. The topological polar surface area (TPSA) is 42.7 Å². The highest BCUT2D eigenvalue weighted by Gasteiger charge is 2.16. The maximum Gasteiger partial charge on any atom is 0.147 e. The van der Waals surface area contributed by atoms with Gasteiger partial charge in [-0.3, -0.25) is 0 Å². The third-order valence-electron chi connectivity index (χ3n) is 3.45. The summed E-state index contributed by atoms with van der Waals surface area (Å²) in [6.45, 7) is 5.05. The molecule has 0 saturated heterocycles. The summed E-state index contributed by atoms with van der Waals surface area (Å²) in [4.78, 5) is 5.46. The third kappa shape index (κ3) is 2.56. The summed E-state index contributed by atoms with van der Waals surface area (Å²) in [5.41, 5.74) is 0.996. The number of hydrogen-bond donors (Lipinski definition) is 1. The maximum absolute atomic E-state index is 14.2. The summed E-state index contributed by atoms with van der Waals surface area (Å²) >= 11 is 1.63. The molecule has 3 rings (SSSR count). The molecule has 0 atom stereocenters. The Morgan fingerprint density at radius 1 is 1.33 bits per heavy atom. The average molecular weight is 304 g/mol. The second kappa shape index (κ2) is 5.54. The third-order valence-corrected chi connectivity index (χ3v) is 4.65. The Kier molecular flexibility index (Phi) is 3.73. The first-order chi connectivity index (χ1) is 10.1. The van der Waals surface area contributed by atoms with Crippen molar-refractivity contribution in [1.82, 2.24) is 20.1 Å². The molecule has 1 N–H and O–H groups in total. The molecule has 6 heteroatoms. The molecule has 0 radical (unpaired) electrons. The Labute approximate surface area is 126 Å². The van der Waals surface area contributed by atoms with E-state index in [0.717, 1.165) is 33.3 Å². The number of halogens is 1. The largest absolute Gasteiger partial charge is 0.315 e. The maximum atomic E-state index is 14.2. The first-order valence-corrected chi connectivity index (χ1v) is 7.63. The molecule has 0 aliphatic heterocycles. The van der Waals surface area contributed by atoms with Gasteiger partial charge in [0.05, 0.1) is 6.54 Å². The van der Waals surface area contributed by atoms with Gasteiger partial charge in [0.1, 0.15) is 17.5 Å². The molecule has 4 nitrogen and oxygen atoms in total. The van der Waals surface area contributed by atoms with E-state index in [0.29, 0.717) is 11.9 Å². The van der Waals surface area contributed by atoms with Crippen LogP contribution in [0.15, 0.2) is 18.2 Å². The quantitative estimate of drug-likeness (QED) is 0.805. The van der Waals surface area contributed by atoms with Crippen molar-refractivity contribution in [3.05, 3.63) is 46.1 Å². The Bertz CT molecular complexity index is 790. The van der Waals surface area contributed by atoms with Crippen molar-refractivity contribution in [3.8, 4) is 0 Å². The second-order valence-electron chi connectivity index (χ2n) is 5.01. The first kappa shape index (κ1) is 14.2. The lowest BCUT2D eigenvalue weighted by atomic mass is 10.1. The number of hydrogen-bond acceptors (Lipinski definition) is 4. The van der Waals surface area contributed by atoms with Crippen LogP contribution in [-0.2, 0) is 13.1 Å². The Morgan fingerprint density at radius 2 is 2.14 bits per heavy atom. The van der Waals surface area contributed by atoms with Crippen LogP contribution in [0.1, 0.15) is 22.1 Å². The van der Waals surface area contributed by atoms with Crippen molar-refractivity contribution in [2.45, 2.75) is 26.9 Å². The Morgan fingerprint density at radius 3 is 2.81 bits per heavy atom. The van der Waals surface area contributed by atoms with E-state index in [1.165, 1.54) is 6.07 Å². The van der Waals surface area contributed by atoms with Crippen molar-refractivity contribution in [3.63, 3.8) is 0 Å². The molecule has 2 heterocycles. The van der Waals surface area contributed by atoms with E-state index < -0.39 is 0 Å². The standard InChI is InChI=1S/C15H17FN4S/c1-9-18-10(2)20(19-9)8-11-14(7-17-3)21-13-6-4-5-12(16)15(11)13/h4-6,17H,7-8H2,1-3H3. The Balaban J connectivity index is 2.14. The SMILES string of the molecule is CNCc1sc2cccc(F)c2c1Cn1nc(C)nc1C. The summed E-state index contributed by atoms with van der Waals surface area (Å²) in [5.74, 6) is 1.41. The van der Waals surface area contributed by atoms with Crippen molar-refractivity contribution < 1.29 is 4.39 Å². The summed E-state index contributed by atoms with van der Waals surface area (Å²) in [6.07, 6.45) is 0. The minimum atomic E-state index is -0.171. The fourth-order valence-electron chi connectivity index (χ4n) is 2.55. The molecule has 0 bridgehead atoms. The van der Waals surface area contributed by atoms with Gasteiger partial charge in [-0.2, -0.15) is 5.10 Å². The van der Waals surface area contributed by atoms with E-state index in [2.05, 4.69) is 15.4 Å². The minimum absolute atomic E-state index is 0.171. The molecule has 1 aromatic carbocycles. The van der Waals surface area contributed by atoms with Crippen molar-refractivity contribution in [2.24, 2.45) is 0 Å². The second-order valence-corrected chi connectivity index (χ2v) is 6.15. The predicted octanol–water partition coefficient (Wildman–Crippen LogP) is 3.02. The fourth-order valence-corrected chi connectivity index (χ4v) is 3.79. The van der Waals surface area contributed by atoms with Gasteiger partial charge in [0.25, 0.3) is 0 Å². The molecule has 0 amide bonds. The zero-order chi connectivity index (χ0) is 15.0. The van der Waals surface area contributed by atoms with Gasteiger partial charge in [-0.25, -0.2) is 14.1 Å². The molecule has 0 aliphatic rings. The number of aromatic nitrogens is 3. The average Bonchev–Trinajstić information content (AvgIpc) is 2.93. The predicted molar refractivity (Wildman–Crippen MR) is 83.1 cm³/mol. The molecule has 0 unspecified atom stereocenters. The van der Waals surface area contributed by atoms with Gasteiger partial charge < -0.3 is 5.32 Å². The molecule has 0 spiro atoms. The van der Waals surface area contributed by atoms with Crippen LogP contribution >= 0.6 is 11.3 Å². The lowest BCUT2D eigenvalue weighted by Gasteiger charge is -2.06. The van der Waals surface area contributed by atoms with Crippen molar-refractivity contribution in [2.75, 3.05) is 7.05 Å². The minimum Gasteiger partial charge on any atom is -0.315 e. The molecule has 21 heavy (non-hydrogen) atoms. The van der Waals surface area contributed by atoms with Crippen LogP contribution in [0.3, 0.4) is 0 Å². The van der Waals surface area contributed by atoms with E-state index in [9.17, 15) is 4.39 Å². The van der Waals surface area contributed by atoms with Gasteiger partial charge in [0, 0.05) is 21.5 Å². The molecule has 0 saturated carbocycles. The lowest BCUT2D eigenvalue weighted by molar-refractivity contribution is 0.629. The highest BCUT2D eigenvalue weighted by atomic mass is 32.1. The van der Waals surface area contributed by atoms with Crippen LogP contribution in [0.2, 0.25) is 0 Å². The highest BCUT2D eigenvalue weighted by molar-refractivity contribution is 7.19. The number of thiophene rings is 1. The number of aryl methyl sites for hydroxylation is 2. The zero-order valence-corrected chi connectivity index (χ0v) is 13.1. The summed E-state index contributed by atoms with van der Waals surface area (Å²) in [5, 5.41) is 8.25. The number of nitrogens with one attached hydrogen (secondary N) is 1. The van der Waals surface area contributed by atoms with Crippen molar-refractivity contribution >= 4 is 21.4 Å². The van der Waals surface area contributed by atoms with Gasteiger partial charge in [-0.15, -0.1) is 11.3 Å². The molecule has 110 valence electrons.